The van der Waals surface area contributed by atoms with Crippen molar-refractivity contribution < 1.29 is 26.4 Å². The van der Waals surface area contributed by atoms with E-state index >= 15 is 0 Å². The molecule has 2 aromatic carbocycles. The van der Waals surface area contributed by atoms with Gasteiger partial charge in [-0.1, -0.05) is 22.0 Å². The van der Waals surface area contributed by atoms with Crippen molar-refractivity contribution in [3.8, 4) is 0 Å². The molecule has 3 rings (SSSR count). The molecule has 1 saturated heterocycles. The molecule has 1 N–H and O–H groups in total. The fraction of sp³-hybridized carbons (Fsp3) is 0.316. The van der Waals surface area contributed by atoms with Gasteiger partial charge in [0.15, 0.2) is 0 Å². The van der Waals surface area contributed by atoms with Crippen molar-refractivity contribution >= 4 is 37.5 Å². The third kappa shape index (κ3) is 5.18. The third-order valence-electron chi connectivity index (χ3n) is 4.66. The minimum Gasteiger partial charge on any atom is -0.326 e. The summed E-state index contributed by atoms with van der Waals surface area (Å²) in [6, 6.07) is 10.6. The molecule has 156 valence electrons. The molecule has 1 amide bonds. The molecule has 1 heterocycles. The number of nitrogens with one attached hydrogen (secondary N) is 1. The number of alkyl halides is 3. The minimum absolute atomic E-state index is 0.0246. The predicted molar refractivity (Wildman–Crippen MR) is 106 cm³/mol. The summed E-state index contributed by atoms with van der Waals surface area (Å²) in [6.07, 6.45) is -3.57. The van der Waals surface area contributed by atoms with Crippen LogP contribution in [-0.4, -0.2) is 31.7 Å². The normalized spacial score (nSPS) is 18.4. The molecule has 0 aliphatic carbocycles. The maximum atomic E-state index is 12.8. The number of hydrogen-bond acceptors (Lipinski definition) is 3. The highest BCUT2D eigenvalue weighted by atomic mass is 79.9. The summed E-state index contributed by atoms with van der Waals surface area (Å²) in [5.41, 5.74) is -0.837. The molecule has 29 heavy (non-hydrogen) atoms. The van der Waals surface area contributed by atoms with Crippen molar-refractivity contribution in [1.82, 2.24) is 4.31 Å². The van der Waals surface area contributed by atoms with Crippen molar-refractivity contribution in [2.75, 3.05) is 18.4 Å². The van der Waals surface area contributed by atoms with E-state index in [1.165, 1.54) is 28.6 Å². The first-order chi connectivity index (χ1) is 13.6. The van der Waals surface area contributed by atoms with Crippen molar-refractivity contribution in [1.29, 1.82) is 0 Å². The van der Waals surface area contributed by atoms with Crippen molar-refractivity contribution in [2.45, 2.75) is 23.9 Å². The van der Waals surface area contributed by atoms with Gasteiger partial charge in [0.1, 0.15) is 0 Å². The topological polar surface area (TPSA) is 66.5 Å². The number of carbonyl (C=O) groups excluding carboxylic acids is 1. The number of piperidine rings is 1. The van der Waals surface area contributed by atoms with Gasteiger partial charge in [0.05, 0.1) is 16.4 Å². The molecule has 1 fully saturated rings. The largest absolute Gasteiger partial charge is 0.416 e. The maximum Gasteiger partial charge on any atom is 0.416 e. The SMILES string of the molecule is O=C(Nc1cccc(C(F)(F)F)c1)[C@@H]1CCCN(S(=O)(=O)c2ccc(Br)cc2)C1. The minimum atomic E-state index is -4.51. The van der Waals surface area contributed by atoms with E-state index in [4.69, 9.17) is 0 Å². The molecule has 0 radical (unpaired) electrons. The van der Waals surface area contributed by atoms with Crippen molar-refractivity contribution in [2.24, 2.45) is 5.92 Å². The van der Waals surface area contributed by atoms with E-state index in [0.29, 0.717) is 12.8 Å². The number of rotatable bonds is 4. The predicted octanol–water partition coefficient (Wildman–Crippen LogP) is 4.51. The van der Waals surface area contributed by atoms with Crippen LogP contribution in [0.2, 0.25) is 0 Å². The van der Waals surface area contributed by atoms with Crippen LogP contribution in [0.5, 0.6) is 0 Å². The number of anilines is 1. The lowest BCUT2D eigenvalue weighted by Gasteiger charge is -2.31. The van der Waals surface area contributed by atoms with Gasteiger partial charge < -0.3 is 5.32 Å². The lowest BCUT2D eigenvalue weighted by molar-refractivity contribution is -0.137. The summed E-state index contributed by atoms with van der Waals surface area (Å²) in [7, 11) is -3.76. The number of halogens is 4. The summed E-state index contributed by atoms with van der Waals surface area (Å²) >= 11 is 3.25. The molecular formula is C19H18BrF3N2O3S. The Balaban J connectivity index is 1.72. The molecule has 0 spiro atoms. The molecule has 1 aliphatic heterocycles. The van der Waals surface area contributed by atoms with E-state index in [1.807, 2.05) is 0 Å². The van der Waals surface area contributed by atoms with Crippen LogP contribution in [-0.2, 0) is 21.0 Å². The molecule has 0 unspecified atom stereocenters. The Hall–Kier alpha value is -1.91. The summed E-state index contributed by atoms with van der Waals surface area (Å²) in [6.45, 7) is 0.259. The van der Waals surface area contributed by atoms with Gasteiger partial charge in [-0.05, 0) is 55.3 Å². The van der Waals surface area contributed by atoms with Gasteiger partial charge in [-0.25, -0.2) is 8.42 Å². The number of amides is 1. The van der Waals surface area contributed by atoms with Gasteiger partial charge in [0.25, 0.3) is 0 Å². The zero-order valence-electron chi connectivity index (χ0n) is 15.1. The van der Waals surface area contributed by atoms with Gasteiger partial charge in [0, 0.05) is 23.2 Å². The zero-order valence-corrected chi connectivity index (χ0v) is 17.5. The van der Waals surface area contributed by atoms with Gasteiger partial charge in [-0.3, -0.25) is 4.79 Å². The number of sulfonamides is 1. The van der Waals surface area contributed by atoms with Gasteiger partial charge in [-0.15, -0.1) is 0 Å². The molecule has 1 aliphatic rings. The molecule has 2 aromatic rings. The van der Waals surface area contributed by atoms with Gasteiger partial charge in [-0.2, -0.15) is 17.5 Å². The second kappa shape index (κ2) is 8.45. The van der Waals surface area contributed by atoms with Crippen molar-refractivity contribution in [3.63, 3.8) is 0 Å². The first kappa shape index (κ1) is 21.8. The Labute approximate surface area is 175 Å². The lowest BCUT2D eigenvalue weighted by atomic mass is 9.98. The molecular weight excluding hydrogens is 473 g/mol. The Morgan fingerprint density at radius 1 is 1.14 bits per heavy atom. The van der Waals surface area contributed by atoms with Gasteiger partial charge >= 0.3 is 6.18 Å². The standard InChI is InChI=1S/C19H18BrF3N2O3S/c20-15-6-8-17(9-7-15)29(27,28)25-10-2-3-13(12-25)18(26)24-16-5-1-4-14(11-16)19(21,22)23/h1,4-9,11,13H,2-3,10,12H2,(H,24,26)/t13-/m1/s1. The van der Waals surface area contributed by atoms with E-state index < -0.39 is 33.6 Å². The van der Waals surface area contributed by atoms with Gasteiger partial charge in [0.2, 0.25) is 15.9 Å². The fourth-order valence-corrected chi connectivity index (χ4v) is 4.94. The fourth-order valence-electron chi connectivity index (χ4n) is 3.15. The molecule has 0 aromatic heterocycles. The molecule has 10 heteroatoms. The van der Waals surface area contributed by atoms with Crippen LogP contribution in [0.3, 0.4) is 0 Å². The van der Waals surface area contributed by atoms with E-state index in [9.17, 15) is 26.4 Å². The average molecular weight is 491 g/mol. The first-order valence-electron chi connectivity index (χ1n) is 8.81. The Morgan fingerprint density at radius 3 is 2.48 bits per heavy atom. The van der Waals surface area contributed by atoms with Crippen LogP contribution in [0, 0.1) is 5.92 Å². The van der Waals surface area contributed by atoms with Crippen LogP contribution in [0.4, 0.5) is 18.9 Å². The molecule has 1 atom stereocenters. The van der Waals surface area contributed by atoms with Crippen LogP contribution in [0.25, 0.3) is 0 Å². The zero-order chi connectivity index (χ0) is 21.2. The molecule has 5 nitrogen and oxygen atoms in total. The summed E-state index contributed by atoms with van der Waals surface area (Å²) in [5, 5.41) is 2.48. The third-order valence-corrected chi connectivity index (χ3v) is 7.07. The molecule has 0 bridgehead atoms. The number of carbonyl (C=O) groups is 1. The van der Waals surface area contributed by atoms with Crippen LogP contribution < -0.4 is 5.32 Å². The number of hydrogen-bond donors (Lipinski definition) is 1. The van der Waals surface area contributed by atoms with Crippen LogP contribution in [0.15, 0.2) is 57.9 Å². The summed E-state index contributed by atoms with van der Waals surface area (Å²) < 4.78 is 66.2. The summed E-state index contributed by atoms with van der Waals surface area (Å²) in [4.78, 5) is 12.7. The smallest absolute Gasteiger partial charge is 0.326 e. The lowest BCUT2D eigenvalue weighted by Crippen LogP contribution is -2.43. The highest BCUT2D eigenvalue weighted by molar-refractivity contribution is 9.10. The number of benzene rings is 2. The quantitative estimate of drug-likeness (QED) is 0.685. The first-order valence-corrected chi connectivity index (χ1v) is 11.0. The maximum absolute atomic E-state index is 12.8. The van der Waals surface area contributed by atoms with E-state index in [2.05, 4.69) is 21.2 Å². The molecule has 0 saturated carbocycles. The Kier molecular flexibility index (Phi) is 6.35. The van der Waals surface area contributed by atoms with Crippen LogP contribution >= 0.6 is 15.9 Å². The monoisotopic (exact) mass is 490 g/mol. The van der Waals surface area contributed by atoms with Crippen LogP contribution in [0.1, 0.15) is 18.4 Å². The van der Waals surface area contributed by atoms with E-state index in [1.54, 1.807) is 12.1 Å². The number of nitrogens with zero attached hydrogens (tertiary/aromatic N) is 1. The highest BCUT2D eigenvalue weighted by Crippen LogP contribution is 2.31. The highest BCUT2D eigenvalue weighted by Gasteiger charge is 2.34. The second-order valence-corrected chi connectivity index (χ2v) is 9.58. The summed E-state index contributed by atoms with van der Waals surface area (Å²) in [5.74, 6) is -1.15. The van der Waals surface area contributed by atoms with Crippen molar-refractivity contribution in [3.05, 3.63) is 58.6 Å². The van der Waals surface area contributed by atoms with E-state index in [-0.39, 0.29) is 23.7 Å². The Bertz CT molecular complexity index is 995. The van der Waals surface area contributed by atoms with E-state index in [0.717, 1.165) is 16.6 Å². The average Bonchev–Trinajstić information content (AvgIpc) is 2.68. The Morgan fingerprint density at radius 2 is 1.83 bits per heavy atom. The second-order valence-electron chi connectivity index (χ2n) is 6.72.